The van der Waals surface area contributed by atoms with Crippen LogP contribution in [0.3, 0.4) is 0 Å². The Labute approximate surface area is 111 Å². The predicted octanol–water partition coefficient (Wildman–Crippen LogP) is 3.26. The number of nitrogens with one attached hydrogen (secondary N) is 1. The fourth-order valence-corrected chi connectivity index (χ4v) is 1.83. The molecule has 0 aliphatic heterocycles. The van der Waals surface area contributed by atoms with E-state index in [9.17, 15) is 0 Å². The van der Waals surface area contributed by atoms with E-state index in [1.807, 2.05) is 25.3 Å². The molecule has 1 atom stereocenters. The van der Waals surface area contributed by atoms with Gasteiger partial charge in [0, 0.05) is 24.9 Å². The first kappa shape index (κ1) is 12.8. The van der Waals surface area contributed by atoms with E-state index in [4.69, 9.17) is 11.6 Å². The van der Waals surface area contributed by atoms with Crippen molar-refractivity contribution < 1.29 is 0 Å². The maximum Gasteiger partial charge on any atom is 0.134 e. The maximum absolute atomic E-state index is 5.95. The summed E-state index contributed by atoms with van der Waals surface area (Å²) >= 11 is 5.95. The van der Waals surface area contributed by atoms with Crippen LogP contribution in [-0.4, -0.2) is 15.0 Å². The summed E-state index contributed by atoms with van der Waals surface area (Å²) in [6.45, 7) is 4.05. The number of hydrogen-bond donors (Lipinski definition) is 1. The number of halogens is 1. The van der Waals surface area contributed by atoms with E-state index >= 15 is 0 Å². The van der Waals surface area contributed by atoms with Crippen LogP contribution >= 0.6 is 11.6 Å². The van der Waals surface area contributed by atoms with Gasteiger partial charge in [-0.2, -0.15) is 0 Å². The molecule has 1 N–H and O–H groups in total. The first-order chi connectivity index (χ1) is 8.69. The molecule has 0 aliphatic rings. The van der Waals surface area contributed by atoms with Crippen molar-refractivity contribution in [2.24, 2.45) is 0 Å². The normalized spacial score (nSPS) is 12.2. The van der Waals surface area contributed by atoms with Crippen LogP contribution in [-0.2, 0) is 6.42 Å². The van der Waals surface area contributed by atoms with E-state index in [1.165, 1.54) is 0 Å². The number of aromatic nitrogens is 3. The highest BCUT2D eigenvalue weighted by molar-refractivity contribution is 6.29. The van der Waals surface area contributed by atoms with Gasteiger partial charge in [-0.05, 0) is 18.6 Å². The molecule has 94 valence electrons. The third-order valence-electron chi connectivity index (χ3n) is 2.61. The average molecular weight is 263 g/mol. The predicted molar refractivity (Wildman–Crippen MR) is 72.7 cm³/mol. The summed E-state index contributed by atoms with van der Waals surface area (Å²) in [6.07, 6.45) is 4.35. The smallest absolute Gasteiger partial charge is 0.134 e. The molecule has 18 heavy (non-hydrogen) atoms. The fourth-order valence-electron chi connectivity index (χ4n) is 1.63. The van der Waals surface area contributed by atoms with Gasteiger partial charge in [-0.3, -0.25) is 4.98 Å². The quantitative estimate of drug-likeness (QED) is 0.860. The molecule has 0 amide bonds. The third-order valence-corrected chi connectivity index (χ3v) is 2.80. The molecule has 0 spiro atoms. The van der Waals surface area contributed by atoms with Crippen LogP contribution in [0.4, 0.5) is 5.82 Å². The minimum atomic E-state index is 0.120. The van der Waals surface area contributed by atoms with Crippen LogP contribution < -0.4 is 5.32 Å². The standard InChI is InChI=1S/C13H15ClN4/c1-3-12-17-11(14)7-13(18-12)16-9(2)10-5-4-6-15-8-10/h4-9H,3H2,1-2H3,(H,16,17,18). The van der Waals surface area contributed by atoms with Crippen LogP contribution in [0.2, 0.25) is 5.15 Å². The Morgan fingerprint density at radius 2 is 2.22 bits per heavy atom. The Morgan fingerprint density at radius 3 is 2.89 bits per heavy atom. The zero-order valence-corrected chi connectivity index (χ0v) is 11.1. The van der Waals surface area contributed by atoms with Crippen LogP contribution in [0, 0.1) is 0 Å². The number of anilines is 1. The van der Waals surface area contributed by atoms with Crippen LogP contribution in [0.25, 0.3) is 0 Å². The van der Waals surface area contributed by atoms with E-state index in [2.05, 4.69) is 27.2 Å². The lowest BCUT2D eigenvalue weighted by molar-refractivity contribution is 0.851. The van der Waals surface area contributed by atoms with Gasteiger partial charge in [0.2, 0.25) is 0 Å². The third kappa shape index (κ3) is 3.17. The second kappa shape index (κ2) is 5.78. The molecule has 2 heterocycles. The van der Waals surface area contributed by atoms with Crippen molar-refractivity contribution in [1.82, 2.24) is 15.0 Å². The first-order valence-corrected chi connectivity index (χ1v) is 6.26. The Hall–Kier alpha value is -1.68. The van der Waals surface area contributed by atoms with Gasteiger partial charge in [0.25, 0.3) is 0 Å². The molecule has 0 bridgehead atoms. The van der Waals surface area contributed by atoms with E-state index in [1.54, 1.807) is 12.3 Å². The molecule has 4 nitrogen and oxygen atoms in total. The minimum absolute atomic E-state index is 0.120. The van der Waals surface area contributed by atoms with Crippen molar-refractivity contribution in [1.29, 1.82) is 0 Å². The van der Waals surface area contributed by atoms with Gasteiger partial charge in [0.15, 0.2) is 0 Å². The van der Waals surface area contributed by atoms with E-state index in [-0.39, 0.29) is 6.04 Å². The summed E-state index contributed by atoms with van der Waals surface area (Å²) in [4.78, 5) is 12.6. The lowest BCUT2D eigenvalue weighted by Crippen LogP contribution is -2.09. The van der Waals surface area contributed by atoms with Crippen molar-refractivity contribution in [2.75, 3.05) is 5.32 Å². The van der Waals surface area contributed by atoms with Gasteiger partial charge >= 0.3 is 0 Å². The highest BCUT2D eigenvalue weighted by atomic mass is 35.5. The minimum Gasteiger partial charge on any atom is -0.363 e. The van der Waals surface area contributed by atoms with Gasteiger partial charge in [-0.1, -0.05) is 24.6 Å². The number of aryl methyl sites for hydroxylation is 1. The summed E-state index contributed by atoms with van der Waals surface area (Å²) in [5, 5.41) is 3.76. The summed E-state index contributed by atoms with van der Waals surface area (Å²) < 4.78 is 0. The molecule has 0 saturated heterocycles. The van der Waals surface area contributed by atoms with Crippen LogP contribution in [0.5, 0.6) is 0 Å². The summed E-state index contributed by atoms with van der Waals surface area (Å²) in [5.41, 5.74) is 1.10. The van der Waals surface area contributed by atoms with Gasteiger partial charge in [0.05, 0.1) is 6.04 Å². The molecule has 2 rings (SSSR count). The molecule has 5 heteroatoms. The molecular formula is C13H15ClN4. The van der Waals surface area contributed by atoms with Crippen molar-refractivity contribution in [3.8, 4) is 0 Å². The molecular weight excluding hydrogens is 248 g/mol. The van der Waals surface area contributed by atoms with Gasteiger partial charge in [-0.25, -0.2) is 9.97 Å². The SMILES string of the molecule is CCc1nc(Cl)cc(NC(C)c2cccnc2)n1. The Kier molecular flexibility index (Phi) is 4.10. The van der Waals surface area contributed by atoms with Gasteiger partial charge in [0.1, 0.15) is 16.8 Å². The topological polar surface area (TPSA) is 50.7 Å². The zero-order valence-electron chi connectivity index (χ0n) is 10.4. The van der Waals surface area contributed by atoms with Gasteiger partial charge in [-0.15, -0.1) is 0 Å². The fraction of sp³-hybridized carbons (Fsp3) is 0.308. The summed E-state index contributed by atoms with van der Waals surface area (Å²) in [7, 11) is 0. The largest absolute Gasteiger partial charge is 0.363 e. The average Bonchev–Trinajstić information content (AvgIpc) is 2.39. The first-order valence-electron chi connectivity index (χ1n) is 5.89. The number of nitrogens with zero attached hydrogens (tertiary/aromatic N) is 3. The van der Waals surface area contributed by atoms with Crippen LogP contribution in [0.15, 0.2) is 30.6 Å². The summed E-state index contributed by atoms with van der Waals surface area (Å²) in [5.74, 6) is 1.48. The Morgan fingerprint density at radius 1 is 1.39 bits per heavy atom. The van der Waals surface area contributed by atoms with Crippen molar-refractivity contribution in [2.45, 2.75) is 26.3 Å². The molecule has 0 aliphatic carbocycles. The second-order valence-electron chi connectivity index (χ2n) is 4.00. The molecule has 0 radical (unpaired) electrons. The van der Waals surface area contributed by atoms with E-state index in [0.29, 0.717) is 5.15 Å². The Balaban J connectivity index is 2.16. The number of rotatable bonds is 4. The zero-order chi connectivity index (χ0) is 13.0. The van der Waals surface area contributed by atoms with Crippen LogP contribution in [0.1, 0.15) is 31.3 Å². The number of pyridine rings is 1. The maximum atomic E-state index is 5.95. The van der Waals surface area contributed by atoms with Gasteiger partial charge < -0.3 is 5.32 Å². The molecule has 2 aromatic rings. The van der Waals surface area contributed by atoms with E-state index in [0.717, 1.165) is 23.6 Å². The molecule has 0 fully saturated rings. The molecule has 0 aromatic carbocycles. The summed E-state index contributed by atoms with van der Waals surface area (Å²) in [6, 6.07) is 5.79. The highest BCUT2D eigenvalue weighted by Crippen LogP contribution is 2.19. The molecule has 1 unspecified atom stereocenters. The second-order valence-corrected chi connectivity index (χ2v) is 4.39. The number of hydrogen-bond acceptors (Lipinski definition) is 4. The molecule has 2 aromatic heterocycles. The van der Waals surface area contributed by atoms with Crippen molar-refractivity contribution in [3.05, 3.63) is 47.1 Å². The molecule has 0 saturated carbocycles. The Bertz CT molecular complexity index is 516. The van der Waals surface area contributed by atoms with E-state index < -0.39 is 0 Å². The van der Waals surface area contributed by atoms with Crippen molar-refractivity contribution in [3.63, 3.8) is 0 Å². The lowest BCUT2D eigenvalue weighted by atomic mass is 10.1. The van der Waals surface area contributed by atoms with Crippen molar-refractivity contribution >= 4 is 17.4 Å². The lowest BCUT2D eigenvalue weighted by Gasteiger charge is -2.15. The highest BCUT2D eigenvalue weighted by Gasteiger charge is 2.07. The monoisotopic (exact) mass is 262 g/mol.